The highest BCUT2D eigenvalue weighted by molar-refractivity contribution is 6.12. The maximum atomic E-state index is 15.0. The average molecular weight is 438 g/mol. The van der Waals surface area contributed by atoms with Gasteiger partial charge in [-0.2, -0.15) is 0 Å². The van der Waals surface area contributed by atoms with Crippen LogP contribution in [0.15, 0.2) is 65.2 Å². The molecular weight excluding hydrogens is 409 g/mol. The van der Waals surface area contributed by atoms with Crippen molar-refractivity contribution in [3.05, 3.63) is 77.7 Å². The number of hydrogen-bond acceptors (Lipinski definition) is 2. The molecule has 6 rings (SSSR count). The topological polar surface area (TPSA) is 26.0 Å². The van der Waals surface area contributed by atoms with Crippen LogP contribution in [-0.4, -0.2) is 4.98 Å². The molecule has 2 aromatic heterocycles. The van der Waals surface area contributed by atoms with Gasteiger partial charge in [0.2, 0.25) is 0 Å². The van der Waals surface area contributed by atoms with Crippen LogP contribution in [0.2, 0.25) is 0 Å². The molecule has 0 aliphatic heterocycles. The molecule has 3 heteroatoms. The summed E-state index contributed by atoms with van der Waals surface area (Å²) in [5.41, 5.74) is 5.79. The highest BCUT2D eigenvalue weighted by atomic mass is 19.1. The molecule has 1 fully saturated rings. The van der Waals surface area contributed by atoms with Gasteiger partial charge in [-0.3, -0.25) is 4.98 Å². The van der Waals surface area contributed by atoms with Crippen molar-refractivity contribution in [2.75, 3.05) is 0 Å². The number of aromatic nitrogens is 1. The Morgan fingerprint density at radius 2 is 1.70 bits per heavy atom. The lowest BCUT2D eigenvalue weighted by Gasteiger charge is -2.24. The van der Waals surface area contributed by atoms with Gasteiger partial charge in [-0.1, -0.05) is 51.3 Å². The van der Waals surface area contributed by atoms with E-state index in [1.165, 1.54) is 24.8 Å². The van der Waals surface area contributed by atoms with Crippen molar-refractivity contribution < 1.29 is 8.81 Å². The summed E-state index contributed by atoms with van der Waals surface area (Å²) >= 11 is 0. The Labute approximate surface area is 193 Å². The molecule has 33 heavy (non-hydrogen) atoms. The number of pyridine rings is 1. The third-order valence-corrected chi connectivity index (χ3v) is 7.34. The second-order valence-electron chi connectivity index (χ2n) is 9.78. The zero-order valence-corrected chi connectivity index (χ0v) is 19.2. The smallest absolute Gasteiger partial charge is 0.144 e. The first kappa shape index (κ1) is 20.4. The second kappa shape index (κ2) is 7.98. The van der Waals surface area contributed by atoms with Gasteiger partial charge in [-0.25, -0.2) is 4.39 Å². The third-order valence-electron chi connectivity index (χ3n) is 7.34. The fourth-order valence-electron chi connectivity index (χ4n) is 5.60. The van der Waals surface area contributed by atoms with Crippen molar-refractivity contribution in [3.8, 4) is 11.3 Å². The maximum absolute atomic E-state index is 15.0. The summed E-state index contributed by atoms with van der Waals surface area (Å²) in [4.78, 5) is 4.80. The van der Waals surface area contributed by atoms with E-state index in [9.17, 15) is 4.39 Å². The fraction of sp³-hybridized carbons (Fsp3) is 0.300. The predicted molar refractivity (Wildman–Crippen MR) is 134 cm³/mol. The van der Waals surface area contributed by atoms with E-state index in [0.717, 1.165) is 62.4 Å². The zero-order chi connectivity index (χ0) is 22.5. The van der Waals surface area contributed by atoms with Gasteiger partial charge < -0.3 is 4.42 Å². The minimum atomic E-state index is -0.182. The molecule has 3 aromatic carbocycles. The number of para-hydroxylation sites is 1. The molecule has 0 radical (unpaired) electrons. The summed E-state index contributed by atoms with van der Waals surface area (Å²) in [6.45, 7) is 4.40. The van der Waals surface area contributed by atoms with Crippen LogP contribution in [0, 0.1) is 5.82 Å². The van der Waals surface area contributed by atoms with Crippen molar-refractivity contribution in [1.82, 2.24) is 4.98 Å². The number of rotatable bonds is 3. The molecule has 0 amide bonds. The van der Waals surface area contributed by atoms with Gasteiger partial charge >= 0.3 is 0 Å². The fourth-order valence-corrected chi connectivity index (χ4v) is 5.60. The van der Waals surface area contributed by atoms with E-state index in [4.69, 9.17) is 9.40 Å². The van der Waals surface area contributed by atoms with Crippen LogP contribution >= 0.6 is 0 Å². The van der Waals surface area contributed by atoms with Gasteiger partial charge in [0, 0.05) is 27.9 Å². The molecule has 2 heterocycles. The van der Waals surface area contributed by atoms with E-state index in [-0.39, 0.29) is 5.82 Å². The van der Waals surface area contributed by atoms with Gasteiger partial charge in [0.1, 0.15) is 17.0 Å². The van der Waals surface area contributed by atoms with Crippen molar-refractivity contribution in [2.24, 2.45) is 0 Å². The number of benzene rings is 3. The van der Waals surface area contributed by atoms with Crippen LogP contribution < -0.4 is 0 Å². The Morgan fingerprint density at radius 1 is 0.879 bits per heavy atom. The predicted octanol–water partition coefficient (Wildman–Crippen LogP) is 9.11. The van der Waals surface area contributed by atoms with Crippen LogP contribution in [0.4, 0.5) is 4.39 Å². The van der Waals surface area contributed by atoms with Gasteiger partial charge in [-0.15, -0.1) is 0 Å². The molecule has 1 aliphatic carbocycles. The van der Waals surface area contributed by atoms with Crippen LogP contribution in [0.3, 0.4) is 0 Å². The van der Waals surface area contributed by atoms with Gasteiger partial charge in [0.25, 0.3) is 0 Å². The summed E-state index contributed by atoms with van der Waals surface area (Å²) < 4.78 is 21.4. The standard InChI is InChI=1S/C30H28FNO/c1-18(2)20-14-26-23-10-6-7-11-28(23)33-30(26)27(15-20)29-25-17-21(31)16-24(22(25)12-13-32-29)19-8-4-3-5-9-19/h6-7,10-19H,3-5,8-9H2,1-2H3. The summed E-state index contributed by atoms with van der Waals surface area (Å²) in [5, 5.41) is 4.19. The van der Waals surface area contributed by atoms with Crippen molar-refractivity contribution in [2.45, 2.75) is 57.8 Å². The number of fused-ring (bicyclic) bond motifs is 4. The minimum absolute atomic E-state index is 0.182. The largest absolute Gasteiger partial charge is 0.455 e. The molecule has 2 nitrogen and oxygen atoms in total. The highest BCUT2D eigenvalue weighted by Gasteiger charge is 2.22. The van der Waals surface area contributed by atoms with Gasteiger partial charge in [0.15, 0.2) is 0 Å². The first-order valence-corrected chi connectivity index (χ1v) is 12.1. The lowest BCUT2D eigenvalue weighted by Crippen LogP contribution is -2.06. The molecule has 166 valence electrons. The van der Waals surface area contributed by atoms with E-state index in [1.54, 1.807) is 12.1 Å². The van der Waals surface area contributed by atoms with E-state index in [2.05, 4.69) is 38.1 Å². The number of halogens is 1. The van der Waals surface area contributed by atoms with E-state index in [1.807, 2.05) is 24.4 Å². The van der Waals surface area contributed by atoms with Crippen LogP contribution in [0.5, 0.6) is 0 Å². The maximum Gasteiger partial charge on any atom is 0.144 e. The minimum Gasteiger partial charge on any atom is -0.455 e. The Balaban J connectivity index is 1.67. The van der Waals surface area contributed by atoms with E-state index in [0.29, 0.717) is 11.8 Å². The van der Waals surface area contributed by atoms with Crippen molar-refractivity contribution >= 4 is 32.7 Å². The quantitative estimate of drug-likeness (QED) is 0.281. The molecule has 0 atom stereocenters. The van der Waals surface area contributed by atoms with E-state index < -0.39 is 0 Å². The Bertz CT molecular complexity index is 1490. The molecule has 0 bridgehead atoms. The van der Waals surface area contributed by atoms with Gasteiger partial charge in [-0.05, 0) is 77.6 Å². The highest BCUT2D eigenvalue weighted by Crippen LogP contribution is 2.42. The Morgan fingerprint density at radius 3 is 2.52 bits per heavy atom. The first-order chi connectivity index (χ1) is 16.1. The summed E-state index contributed by atoms with van der Waals surface area (Å²) in [6, 6.07) is 18.0. The summed E-state index contributed by atoms with van der Waals surface area (Å²) in [7, 11) is 0. The summed E-state index contributed by atoms with van der Waals surface area (Å²) in [6.07, 6.45) is 7.86. The van der Waals surface area contributed by atoms with Gasteiger partial charge in [0.05, 0.1) is 5.69 Å². The molecular formula is C30H28FNO. The van der Waals surface area contributed by atoms with Crippen LogP contribution in [-0.2, 0) is 0 Å². The Kier molecular flexibility index (Phi) is 4.94. The lowest BCUT2D eigenvalue weighted by atomic mass is 9.81. The number of furan rings is 1. The lowest BCUT2D eigenvalue weighted by molar-refractivity contribution is 0.444. The third kappa shape index (κ3) is 3.42. The van der Waals surface area contributed by atoms with E-state index >= 15 is 0 Å². The summed E-state index contributed by atoms with van der Waals surface area (Å²) in [5.74, 6) is 0.588. The van der Waals surface area contributed by atoms with Crippen LogP contribution in [0.1, 0.15) is 68.9 Å². The monoisotopic (exact) mass is 437 g/mol. The number of nitrogens with zero attached hydrogens (tertiary/aromatic N) is 1. The molecule has 5 aromatic rings. The van der Waals surface area contributed by atoms with Crippen molar-refractivity contribution in [1.29, 1.82) is 0 Å². The number of hydrogen-bond donors (Lipinski definition) is 0. The average Bonchev–Trinajstić information content (AvgIpc) is 3.22. The SMILES string of the molecule is CC(C)c1cc(-c2nccc3c(C4CCCCC4)cc(F)cc23)c2oc3ccccc3c2c1. The first-order valence-electron chi connectivity index (χ1n) is 12.1. The normalized spacial score (nSPS) is 15.3. The zero-order valence-electron chi connectivity index (χ0n) is 19.2. The molecule has 0 N–H and O–H groups in total. The molecule has 1 aliphatic rings. The Hall–Kier alpha value is -3.20. The molecule has 0 unspecified atom stereocenters. The molecule has 1 saturated carbocycles. The second-order valence-corrected chi connectivity index (χ2v) is 9.78. The molecule has 0 saturated heterocycles. The van der Waals surface area contributed by atoms with Crippen LogP contribution in [0.25, 0.3) is 44.0 Å². The molecule has 0 spiro atoms. The van der Waals surface area contributed by atoms with Crippen molar-refractivity contribution in [3.63, 3.8) is 0 Å².